The standard InChI is InChI=1S/C52H34N2O/c1-3-13-35(14-4-1)37-17-11-20-42(31-37)53(43-29-30-50-47(34-43)45-21-9-10-24-49(45)54(50)40-18-5-2-6-19-40)41-27-25-36(26-28-41)44-22-12-23-46-48-32-38-15-7-8-16-39(38)33-51(48)55-52(44)46/h1-34H. The van der Waals surface area contributed by atoms with Crippen molar-refractivity contribution in [3.05, 3.63) is 206 Å². The Kier molecular flexibility index (Phi) is 7.17. The maximum atomic E-state index is 6.62. The molecule has 0 aliphatic heterocycles. The minimum atomic E-state index is 0.909. The molecule has 258 valence electrons. The molecular weight excluding hydrogens is 669 g/mol. The maximum Gasteiger partial charge on any atom is 0.143 e. The fraction of sp³-hybridized carbons (Fsp3) is 0. The van der Waals surface area contributed by atoms with E-state index in [9.17, 15) is 0 Å². The van der Waals surface area contributed by atoms with Crippen LogP contribution < -0.4 is 4.90 Å². The molecule has 0 radical (unpaired) electrons. The average molecular weight is 703 g/mol. The van der Waals surface area contributed by atoms with Gasteiger partial charge in [-0.05, 0) is 100 Å². The van der Waals surface area contributed by atoms with Gasteiger partial charge in [0, 0.05) is 49.9 Å². The third kappa shape index (κ3) is 5.20. The molecule has 0 saturated carbocycles. The van der Waals surface area contributed by atoms with Crippen LogP contribution in [0.25, 0.3) is 82.5 Å². The molecule has 0 N–H and O–H groups in total. The SMILES string of the molecule is c1ccc(-c2cccc(N(c3ccc(-c4cccc5c4oc4cc6ccccc6cc45)cc3)c3ccc4c(c3)c3ccccc3n4-c3ccccc3)c2)cc1. The predicted molar refractivity (Wildman–Crippen MR) is 231 cm³/mol. The molecule has 0 saturated heterocycles. The molecule has 11 aromatic rings. The first-order valence-corrected chi connectivity index (χ1v) is 18.8. The molecule has 0 unspecified atom stereocenters. The highest BCUT2D eigenvalue weighted by molar-refractivity contribution is 6.13. The van der Waals surface area contributed by atoms with Crippen LogP contribution in [0, 0.1) is 0 Å². The summed E-state index contributed by atoms with van der Waals surface area (Å²) in [4.78, 5) is 2.37. The number of fused-ring (bicyclic) bond motifs is 7. The van der Waals surface area contributed by atoms with E-state index in [-0.39, 0.29) is 0 Å². The molecular formula is C52H34N2O. The Balaban J connectivity index is 1.07. The monoisotopic (exact) mass is 702 g/mol. The number of hydrogen-bond donors (Lipinski definition) is 0. The van der Waals surface area contributed by atoms with Crippen molar-refractivity contribution in [3.8, 4) is 27.9 Å². The highest BCUT2D eigenvalue weighted by atomic mass is 16.3. The van der Waals surface area contributed by atoms with Gasteiger partial charge in [0.15, 0.2) is 0 Å². The van der Waals surface area contributed by atoms with Crippen molar-refractivity contribution < 1.29 is 4.42 Å². The third-order valence-corrected chi connectivity index (χ3v) is 10.9. The lowest BCUT2D eigenvalue weighted by atomic mass is 10.0. The Morgan fingerprint density at radius 2 is 1.00 bits per heavy atom. The third-order valence-electron chi connectivity index (χ3n) is 10.9. The summed E-state index contributed by atoms with van der Waals surface area (Å²) in [5.74, 6) is 0. The van der Waals surface area contributed by atoms with E-state index >= 15 is 0 Å². The molecule has 3 heteroatoms. The van der Waals surface area contributed by atoms with Crippen LogP contribution in [-0.2, 0) is 0 Å². The zero-order valence-corrected chi connectivity index (χ0v) is 29.9. The van der Waals surface area contributed by atoms with Crippen molar-refractivity contribution in [3.63, 3.8) is 0 Å². The van der Waals surface area contributed by atoms with Gasteiger partial charge < -0.3 is 13.9 Å². The fourth-order valence-electron chi connectivity index (χ4n) is 8.36. The van der Waals surface area contributed by atoms with Gasteiger partial charge in [-0.15, -0.1) is 0 Å². The molecule has 0 aliphatic rings. The van der Waals surface area contributed by atoms with Crippen LogP contribution in [0.15, 0.2) is 211 Å². The van der Waals surface area contributed by atoms with Crippen LogP contribution in [0.1, 0.15) is 0 Å². The second-order valence-corrected chi connectivity index (χ2v) is 14.2. The molecule has 9 aromatic carbocycles. The first kappa shape index (κ1) is 31.2. The van der Waals surface area contributed by atoms with Gasteiger partial charge in [0.05, 0.1) is 11.0 Å². The second-order valence-electron chi connectivity index (χ2n) is 14.2. The van der Waals surface area contributed by atoms with Crippen LogP contribution in [0.2, 0.25) is 0 Å². The highest BCUT2D eigenvalue weighted by Gasteiger charge is 2.19. The van der Waals surface area contributed by atoms with Crippen molar-refractivity contribution in [1.82, 2.24) is 4.57 Å². The van der Waals surface area contributed by atoms with Gasteiger partial charge in [0.25, 0.3) is 0 Å². The smallest absolute Gasteiger partial charge is 0.143 e. The van der Waals surface area contributed by atoms with Crippen molar-refractivity contribution in [2.45, 2.75) is 0 Å². The summed E-state index contributed by atoms with van der Waals surface area (Å²) >= 11 is 0. The van der Waals surface area contributed by atoms with Crippen LogP contribution in [0.5, 0.6) is 0 Å². The molecule has 0 fully saturated rings. The molecule has 0 aliphatic carbocycles. The molecule has 0 amide bonds. The van der Waals surface area contributed by atoms with Gasteiger partial charge in [0.1, 0.15) is 11.2 Å². The largest absolute Gasteiger partial charge is 0.455 e. The number of rotatable bonds is 6. The van der Waals surface area contributed by atoms with Gasteiger partial charge in [-0.3, -0.25) is 0 Å². The Labute approximate surface area is 318 Å². The Hall–Kier alpha value is -7.36. The van der Waals surface area contributed by atoms with Crippen LogP contribution >= 0.6 is 0 Å². The van der Waals surface area contributed by atoms with Gasteiger partial charge in [0.2, 0.25) is 0 Å². The highest BCUT2D eigenvalue weighted by Crippen LogP contribution is 2.42. The fourth-order valence-corrected chi connectivity index (χ4v) is 8.36. The topological polar surface area (TPSA) is 21.3 Å². The zero-order chi connectivity index (χ0) is 36.3. The summed E-state index contributed by atoms with van der Waals surface area (Å²) in [7, 11) is 0. The predicted octanol–water partition coefficient (Wildman–Crippen LogP) is 14.6. The number of para-hydroxylation sites is 3. The molecule has 0 spiro atoms. The molecule has 55 heavy (non-hydrogen) atoms. The van der Waals surface area contributed by atoms with E-state index in [0.29, 0.717) is 0 Å². The molecule has 11 rings (SSSR count). The van der Waals surface area contributed by atoms with Gasteiger partial charge >= 0.3 is 0 Å². The van der Waals surface area contributed by atoms with Crippen molar-refractivity contribution in [1.29, 1.82) is 0 Å². The number of nitrogens with zero attached hydrogens (tertiary/aromatic N) is 2. The number of furan rings is 1. The molecule has 0 atom stereocenters. The number of anilines is 3. The number of aromatic nitrogens is 1. The lowest BCUT2D eigenvalue weighted by molar-refractivity contribution is 0.670. The maximum absolute atomic E-state index is 6.62. The Bertz CT molecular complexity index is 3190. The molecule has 0 bridgehead atoms. The molecule has 3 nitrogen and oxygen atoms in total. The van der Waals surface area contributed by atoms with Crippen molar-refractivity contribution >= 4 is 71.6 Å². The molecule has 2 heterocycles. The quantitative estimate of drug-likeness (QED) is 0.172. The van der Waals surface area contributed by atoms with E-state index in [0.717, 1.165) is 55.8 Å². The second kappa shape index (κ2) is 12.6. The van der Waals surface area contributed by atoms with Crippen molar-refractivity contribution in [2.75, 3.05) is 4.90 Å². The normalized spacial score (nSPS) is 11.6. The minimum Gasteiger partial charge on any atom is -0.455 e. The van der Waals surface area contributed by atoms with Gasteiger partial charge in [-0.2, -0.15) is 0 Å². The van der Waals surface area contributed by atoms with E-state index in [1.54, 1.807) is 0 Å². The zero-order valence-electron chi connectivity index (χ0n) is 29.9. The summed E-state index contributed by atoms with van der Waals surface area (Å²) in [6.45, 7) is 0. The van der Waals surface area contributed by atoms with Gasteiger partial charge in [-0.25, -0.2) is 0 Å². The minimum absolute atomic E-state index is 0.909. The van der Waals surface area contributed by atoms with E-state index in [4.69, 9.17) is 4.42 Å². The van der Waals surface area contributed by atoms with Crippen LogP contribution in [0.3, 0.4) is 0 Å². The number of hydrogen-bond acceptors (Lipinski definition) is 2. The summed E-state index contributed by atoms with van der Waals surface area (Å²) in [6.07, 6.45) is 0. The Morgan fingerprint density at radius 1 is 0.364 bits per heavy atom. The lowest BCUT2D eigenvalue weighted by Crippen LogP contribution is -2.10. The Morgan fingerprint density at radius 3 is 1.84 bits per heavy atom. The van der Waals surface area contributed by atoms with Crippen LogP contribution in [-0.4, -0.2) is 4.57 Å². The lowest BCUT2D eigenvalue weighted by Gasteiger charge is -2.26. The summed E-state index contributed by atoms with van der Waals surface area (Å²) in [5.41, 5.74) is 13.1. The van der Waals surface area contributed by atoms with E-state index in [2.05, 4.69) is 216 Å². The van der Waals surface area contributed by atoms with Gasteiger partial charge in [-0.1, -0.05) is 133 Å². The summed E-state index contributed by atoms with van der Waals surface area (Å²) in [6, 6.07) is 73.9. The van der Waals surface area contributed by atoms with Crippen LogP contribution in [0.4, 0.5) is 17.1 Å². The first-order chi connectivity index (χ1) is 27.3. The summed E-state index contributed by atoms with van der Waals surface area (Å²) in [5, 5.41) is 7.10. The van der Waals surface area contributed by atoms with Crippen molar-refractivity contribution in [2.24, 2.45) is 0 Å². The summed E-state index contributed by atoms with van der Waals surface area (Å²) < 4.78 is 8.98. The van der Waals surface area contributed by atoms with E-state index in [1.807, 2.05) is 0 Å². The number of benzene rings is 9. The van der Waals surface area contributed by atoms with E-state index in [1.165, 1.54) is 43.7 Å². The van der Waals surface area contributed by atoms with E-state index < -0.39 is 0 Å². The average Bonchev–Trinajstić information content (AvgIpc) is 3.79. The first-order valence-electron chi connectivity index (χ1n) is 18.8. The molecule has 2 aromatic heterocycles.